The summed E-state index contributed by atoms with van der Waals surface area (Å²) < 4.78 is 3.96. The summed E-state index contributed by atoms with van der Waals surface area (Å²) in [6.45, 7) is 2.07. The van der Waals surface area contributed by atoms with Crippen LogP contribution in [0.25, 0.3) is 21.8 Å². The summed E-state index contributed by atoms with van der Waals surface area (Å²) >= 11 is 0. The molecule has 0 bridgehead atoms. The van der Waals surface area contributed by atoms with Crippen LogP contribution in [0.15, 0.2) is 79.4 Å². The van der Waals surface area contributed by atoms with E-state index in [0.29, 0.717) is 19.6 Å². The molecule has 4 heterocycles. The zero-order valence-corrected chi connectivity index (χ0v) is 21.0. The molecular formula is C30H26N4O5. The molecule has 196 valence electrons. The molecule has 0 aliphatic carbocycles. The first-order valence-corrected chi connectivity index (χ1v) is 12.7. The molecule has 1 aliphatic rings. The van der Waals surface area contributed by atoms with E-state index in [1.165, 1.54) is 0 Å². The topological polar surface area (TPSA) is 118 Å². The van der Waals surface area contributed by atoms with Gasteiger partial charge in [-0.25, -0.2) is 9.59 Å². The van der Waals surface area contributed by atoms with Crippen molar-refractivity contribution in [3.05, 3.63) is 102 Å². The molecule has 5 aromatic rings. The summed E-state index contributed by atoms with van der Waals surface area (Å²) in [5.74, 6) is -1.74. The first kappa shape index (κ1) is 24.4. The number of aromatic carboxylic acids is 2. The van der Waals surface area contributed by atoms with Gasteiger partial charge in [0.05, 0.1) is 11.1 Å². The Balaban J connectivity index is 1.17. The number of hydrogen-bond donors (Lipinski definition) is 2. The van der Waals surface area contributed by atoms with E-state index in [1.807, 2.05) is 52.3 Å². The molecule has 0 spiro atoms. The predicted octanol–water partition coefficient (Wildman–Crippen LogP) is 4.45. The number of fused-ring (bicyclic) bond motifs is 2. The van der Waals surface area contributed by atoms with Crippen LogP contribution in [0.1, 0.15) is 44.2 Å². The Labute approximate surface area is 223 Å². The van der Waals surface area contributed by atoms with Gasteiger partial charge in [-0.2, -0.15) is 0 Å². The van der Waals surface area contributed by atoms with Crippen molar-refractivity contribution >= 4 is 39.7 Å². The van der Waals surface area contributed by atoms with Gasteiger partial charge in [0.15, 0.2) is 0 Å². The van der Waals surface area contributed by atoms with Gasteiger partial charge in [0.25, 0.3) is 0 Å². The monoisotopic (exact) mass is 522 g/mol. The second-order valence-corrected chi connectivity index (χ2v) is 9.94. The highest BCUT2D eigenvalue weighted by molar-refractivity contribution is 5.94. The van der Waals surface area contributed by atoms with Crippen LogP contribution in [-0.2, 0) is 17.9 Å². The van der Waals surface area contributed by atoms with Crippen molar-refractivity contribution in [2.45, 2.75) is 25.4 Å². The molecule has 39 heavy (non-hydrogen) atoms. The summed E-state index contributed by atoms with van der Waals surface area (Å²) in [6.07, 6.45) is 8.29. The number of benzene rings is 2. The number of carbonyl (C=O) groups excluding carboxylic acids is 1. The van der Waals surface area contributed by atoms with Gasteiger partial charge < -0.3 is 24.2 Å². The Morgan fingerprint density at radius 2 is 1.49 bits per heavy atom. The van der Waals surface area contributed by atoms with Gasteiger partial charge in [-0.15, -0.1) is 0 Å². The fraction of sp³-hybridized carbons (Fsp3) is 0.200. The number of likely N-dealkylation sites (tertiary alicyclic amines) is 1. The lowest BCUT2D eigenvalue weighted by atomic mass is 9.95. The number of carboxylic acid groups (broad SMARTS) is 2. The van der Waals surface area contributed by atoms with Crippen molar-refractivity contribution in [3.63, 3.8) is 0 Å². The summed E-state index contributed by atoms with van der Waals surface area (Å²) in [7, 11) is 0. The summed E-state index contributed by atoms with van der Waals surface area (Å²) in [6, 6.07) is 15.8. The van der Waals surface area contributed by atoms with Crippen molar-refractivity contribution < 1.29 is 24.6 Å². The zero-order valence-electron chi connectivity index (χ0n) is 21.0. The number of carboxylic acids is 2. The highest BCUT2D eigenvalue weighted by Crippen LogP contribution is 2.31. The first-order chi connectivity index (χ1) is 18.9. The number of rotatable bonds is 7. The first-order valence-electron chi connectivity index (χ1n) is 12.7. The lowest BCUT2D eigenvalue weighted by Gasteiger charge is -2.19. The second-order valence-electron chi connectivity index (χ2n) is 9.94. The van der Waals surface area contributed by atoms with Crippen LogP contribution in [-0.4, -0.2) is 60.2 Å². The molecule has 1 fully saturated rings. The highest BCUT2D eigenvalue weighted by atomic mass is 16.4. The average molecular weight is 523 g/mol. The van der Waals surface area contributed by atoms with Crippen LogP contribution >= 0.6 is 0 Å². The molecule has 0 saturated carbocycles. The molecule has 1 aliphatic heterocycles. The number of amides is 1. The van der Waals surface area contributed by atoms with E-state index in [0.717, 1.165) is 39.4 Å². The van der Waals surface area contributed by atoms with Crippen molar-refractivity contribution in [2.24, 2.45) is 0 Å². The third kappa shape index (κ3) is 4.63. The lowest BCUT2D eigenvalue weighted by Crippen LogP contribution is -2.31. The molecular weight excluding hydrogens is 496 g/mol. The minimum Gasteiger partial charge on any atom is -0.478 e. The quantitative estimate of drug-likeness (QED) is 0.326. The smallest absolute Gasteiger partial charge is 0.335 e. The molecule has 9 nitrogen and oxygen atoms in total. The van der Waals surface area contributed by atoms with Crippen LogP contribution in [0.5, 0.6) is 0 Å². The van der Waals surface area contributed by atoms with E-state index in [1.54, 1.807) is 36.5 Å². The molecule has 1 atom stereocenters. The van der Waals surface area contributed by atoms with Gasteiger partial charge in [-0.1, -0.05) is 0 Å². The summed E-state index contributed by atoms with van der Waals surface area (Å²) in [5.41, 5.74) is 4.50. The summed E-state index contributed by atoms with van der Waals surface area (Å²) in [5, 5.41) is 20.2. The standard InChI is InChI=1S/C30H26N4O5/c35-28(18-33-11-7-20-14-22(30(38)39)2-4-27(20)33)34-12-8-24(17-34)25-15-31-9-5-23(25)16-32-10-6-19-13-21(29(36)37)1-3-26(19)32/h1-7,9-11,13-15,24H,8,12,16-18H2,(H,36,37)(H,38,39). The number of carbonyl (C=O) groups is 3. The minimum atomic E-state index is -0.976. The molecule has 3 aromatic heterocycles. The van der Waals surface area contributed by atoms with Gasteiger partial charge in [-0.3, -0.25) is 9.78 Å². The Morgan fingerprint density at radius 3 is 2.15 bits per heavy atom. The van der Waals surface area contributed by atoms with E-state index < -0.39 is 11.9 Å². The molecule has 6 rings (SSSR count). The van der Waals surface area contributed by atoms with Gasteiger partial charge in [-0.05, 0) is 72.1 Å². The third-order valence-corrected chi connectivity index (χ3v) is 7.61. The molecule has 1 amide bonds. The lowest BCUT2D eigenvalue weighted by molar-refractivity contribution is -0.130. The Hall–Kier alpha value is -4.92. The largest absolute Gasteiger partial charge is 0.478 e. The Kier molecular flexibility index (Phi) is 6.11. The van der Waals surface area contributed by atoms with Gasteiger partial charge in [0, 0.05) is 72.1 Å². The fourth-order valence-electron chi connectivity index (χ4n) is 5.56. The molecule has 1 unspecified atom stereocenters. The minimum absolute atomic E-state index is 0.0217. The van der Waals surface area contributed by atoms with E-state index in [4.69, 9.17) is 0 Å². The molecule has 9 heteroatoms. The molecule has 2 N–H and O–H groups in total. The van der Waals surface area contributed by atoms with Crippen LogP contribution < -0.4 is 0 Å². The predicted molar refractivity (Wildman–Crippen MR) is 145 cm³/mol. The SMILES string of the molecule is O=C(O)c1ccc2c(ccn2CC(=O)N2CCC(c3cnccc3Cn3ccc4cc(C(=O)O)ccc43)C2)c1. The normalized spacial score (nSPS) is 15.3. The Bertz CT molecular complexity index is 1750. The molecule has 1 saturated heterocycles. The zero-order chi connectivity index (χ0) is 27.1. The third-order valence-electron chi connectivity index (χ3n) is 7.61. The second kappa shape index (κ2) is 9.75. The van der Waals surface area contributed by atoms with Gasteiger partial charge in [0.2, 0.25) is 5.91 Å². The number of pyridine rings is 1. The van der Waals surface area contributed by atoms with Crippen LogP contribution in [0, 0.1) is 0 Å². The van der Waals surface area contributed by atoms with E-state index in [-0.39, 0.29) is 29.5 Å². The van der Waals surface area contributed by atoms with Crippen LogP contribution in [0.3, 0.4) is 0 Å². The highest BCUT2D eigenvalue weighted by Gasteiger charge is 2.29. The van der Waals surface area contributed by atoms with Crippen molar-refractivity contribution in [1.82, 2.24) is 19.0 Å². The van der Waals surface area contributed by atoms with Crippen molar-refractivity contribution in [3.8, 4) is 0 Å². The van der Waals surface area contributed by atoms with Gasteiger partial charge >= 0.3 is 11.9 Å². The maximum absolute atomic E-state index is 13.2. The van der Waals surface area contributed by atoms with Crippen molar-refractivity contribution in [2.75, 3.05) is 13.1 Å². The number of nitrogens with zero attached hydrogens (tertiary/aromatic N) is 4. The number of hydrogen-bond acceptors (Lipinski definition) is 4. The molecule has 2 aromatic carbocycles. The van der Waals surface area contributed by atoms with Gasteiger partial charge in [0.1, 0.15) is 6.54 Å². The Morgan fingerprint density at radius 1 is 0.846 bits per heavy atom. The summed E-state index contributed by atoms with van der Waals surface area (Å²) in [4.78, 5) is 42.1. The van der Waals surface area contributed by atoms with Crippen LogP contribution in [0.2, 0.25) is 0 Å². The van der Waals surface area contributed by atoms with E-state index >= 15 is 0 Å². The maximum Gasteiger partial charge on any atom is 0.335 e. The fourth-order valence-corrected chi connectivity index (χ4v) is 5.56. The molecule has 0 radical (unpaired) electrons. The maximum atomic E-state index is 13.2. The van der Waals surface area contributed by atoms with E-state index in [9.17, 15) is 24.6 Å². The van der Waals surface area contributed by atoms with Crippen molar-refractivity contribution in [1.29, 1.82) is 0 Å². The average Bonchev–Trinajstić information content (AvgIpc) is 3.68. The van der Waals surface area contributed by atoms with E-state index in [2.05, 4.69) is 9.55 Å². The van der Waals surface area contributed by atoms with Crippen LogP contribution in [0.4, 0.5) is 0 Å². The number of aromatic nitrogens is 3.